The minimum atomic E-state index is 0.0753. The van der Waals surface area contributed by atoms with E-state index in [1.807, 2.05) is 48.1 Å². The van der Waals surface area contributed by atoms with Crippen molar-refractivity contribution in [3.8, 4) is 11.8 Å². The number of nitrogens with one attached hydrogen (secondary N) is 1. The van der Waals surface area contributed by atoms with Gasteiger partial charge < -0.3 is 10.1 Å². The summed E-state index contributed by atoms with van der Waals surface area (Å²) in [4.78, 5) is 0. The first-order valence-electron chi connectivity index (χ1n) is 6.06. The number of ether oxygens (including phenoxy) is 1. The maximum Gasteiger partial charge on any atom is 0.174 e. The molecule has 98 valence electrons. The van der Waals surface area contributed by atoms with E-state index in [-0.39, 0.29) is 6.61 Å². The van der Waals surface area contributed by atoms with Gasteiger partial charge in [-0.05, 0) is 23.8 Å². The first-order valence-corrected chi connectivity index (χ1v) is 6.06. The molecule has 0 amide bonds. The topological polar surface area (TPSA) is 62.9 Å². The van der Waals surface area contributed by atoms with E-state index < -0.39 is 0 Å². The fourth-order valence-corrected chi connectivity index (χ4v) is 1.77. The minimum Gasteiger partial charge on any atom is -0.479 e. The molecule has 0 radical (unpaired) electrons. The van der Waals surface area contributed by atoms with Crippen molar-refractivity contribution in [3.63, 3.8) is 0 Å². The van der Waals surface area contributed by atoms with Crippen LogP contribution in [0.2, 0.25) is 0 Å². The molecular weight excluding hydrogens is 240 g/mol. The first-order chi connectivity index (χ1) is 9.29. The van der Waals surface area contributed by atoms with Crippen molar-refractivity contribution >= 4 is 0 Å². The van der Waals surface area contributed by atoms with E-state index in [1.165, 1.54) is 0 Å². The molecule has 5 nitrogen and oxygen atoms in total. The van der Waals surface area contributed by atoms with Gasteiger partial charge in [-0.15, -0.1) is 0 Å². The van der Waals surface area contributed by atoms with Crippen molar-refractivity contribution in [1.82, 2.24) is 15.1 Å². The lowest BCUT2D eigenvalue weighted by Crippen LogP contribution is -2.15. The van der Waals surface area contributed by atoms with Crippen molar-refractivity contribution in [3.05, 3.63) is 47.8 Å². The summed E-state index contributed by atoms with van der Waals surface area (Å²) in [5, 5.41) is 15.9. The van der Waals surface area contributed by atoms with Crippen molar-refractivity contribution < 1.29 is 4.74 Å². The number of benzene rings is 1. The Bertz CT molecular complexity index is 571. The molecule has 0 bridgehead atoms. The second-order valence-electron chi connectivity index (χ2n) is 4.14. The number of aryl methyl sites for hydroxylation is 1. The molecule has 0 aliphatic rings. The van der Waals surface area contributed by atoms with Gasteiger partial charge in [-0.2, -0.15) is 10.4 Å². The van der Waals surface area contributed by atoms with Gasteiger partial charge in [0.15, 0.2) is 6.61 Å². The van der Waals surface area contributed by atoms with Gasteiger partial charge in [0.2, 0.25) is 0 Å². The zero-order chi connectivity index (χ0) is 13.5. The molecule has 2 rings (SSSR count). The van der Waals surface area contributed by atoms with Gasteiger partial charge in [0.25, 0.3) is 0 Å². The number of hydrogen-bond donors (Lipinski definition) is 1. The molecule has 0 fully saturated rings. The van der Waals surface area contributed by atoms with Gasteiger partial charge >= 0.3 is 0 Å². The second kappa shape index (κ2) is 6.57. The average molecular weight is 256 g/mol. The van der Waals surface area contributed by atoms with E-state index in [0.29, 0.717) is 0 Å². The van der Waals surface area contributed by atoms with Crippen LogP contribution in [0.3, 0.4) is 0 Å². The SMILES string of the molecule is Cn1nccc1CNCc1cccc(OCC#N)c1. The maximum atomic E-state index is 8.47. The monoisotopic (exact) mass is 256 g/mol. The third-order valence-electron chi connectivity index (χ3n) is 2.76. The Hall–Kier alpha value is -2.32. The molecule has 0 unspecified atom stereocenters. The molecule has 2 aromatic rings. The van der Waals surface area contributed by atoms with Crippen LogP contribution in [0.5, 0.6) is 5.75 Å². The van der Waals surface area contributed by atoms with Gasteiger partial charge in [-0.3, -0.25) is 4.68 Å². The van der Waals surface area contributed by atoms with Crippen LogP contribution in [0.1, 0.15) is 11.3 Å². The summed E-state index contributed by atoms with van der Waals surface area (Å²) in [6.45, 7) is 1.58. The predicted octanol–water partition coefficient (Wildman–Crippen LogP) is 1.61. The molecule has 1 aromatic heterocycles. The van der Waals surface area contributed by atoms with E-state index in [2.05, 4.69) is 10.4 Å². The van der Waals surface area contributed by atoms with E-state index in [9.17, 15) is 0 Å². The lowest BCUT2D eigenvalue weighted by molar-refractivity contribution is 0.367. The van der Waals surface area contributed by atoms with Gasteiger partial charge in [-0.25, -0.2) is 0 Å². The number of nitrogens with zero attached hydrogens (tertiary/aromatic N) is 3. The number of rotatable bonds is 6. The van der Waals surface area contributed by atoms with E-state index in [4.69, 9.17) is 10.00 Å². The molecule has 1 aromatic carbocycles. The van der Waals surface area contributed by atoms with Crippen molar-refractivity contribution in [2.45, 2.75) is 13.1 Å². The quantitative estimate of drug-likeness (QED) is 0.853. The van der Waals surface area contributed by atoms with E-state index in [1.54, 1.807) is 6.20 Å². The fraction of sp³-hybridized carbons (Fsp3) is 0.286. The van der Waals surface area contributed by atoms with Crippen LogP contribution in [-0.2, 0) is 20.1 Å². The number of nitriles is 1. The smallest absolute Gasteiger partial charge is 0.174 e. The molecule has 1 heterocycles. The lowest BCUT2D eigenvalue weighted by Gasteiger charge is -2.07. The molecule has 0 saturated carbocycles. The van der Waals surface area contributed by atoms with Crippen LogP contribution >= 0.6 is 0 Å². The Balaban J connectivity index is 1.86. The standard InChI is InChI=1S/C14H16N4O/c1-18-13(5-7-17-18)11-16-10-12-3-2-4-14(9-12)19-8-6-15/h2-5,7,9,16H,8,10-11H2,1H3. The molecule has 0 spiro atoms. The molecular formula is C14H16N4O. The van der Waals surface area contributed by atoms with Crippen LogP contribution in [0.4, 0.5) is 0 Å². The summed E-state index contributed by atoms with van der Waals surface area (Å²) >= 11 is 0. The summed E-state index contributed by atoms with van der Waals surface area (Å²) in [5.74, 6) is 0.724. The lowest BCUT2D eigenvalue weighted by atomic mass is 10.2. The third kappa shape index (κ3) is 3.83. The van der Waals surface area contributed by atoms with Crippen LogP contribution in [0.25, 0.3) is 0 Å². The Morgan fingerprint density at radius 3 is 3.00 bits per heavy atom. The highest BCUT2D eigenvalue weighted by Crippen LogP contribution is 2.13. The normalized spacial score (nSPS) is 10.1. The van der Waals surface area contributed by atoms with Crippen LogP contribution in [-0.4, -0.2) is 16.4 Å². The van der Waals surface area contributed by atoms with Gasteiger partial charge in [-0.1, -0.05) is 12.1 Å². The highest BCUT2D eigenvalue weighted by molar-refractivity contribution is 5.28. The second-order valence-corrected chi connectivity index (χ2v) is 4.14. The van der Waals surface area contributed by atoms with Crippen LogP contribution in [0.15, 0.2) is 36.5 Å². The van der Waals surface area contributed by atoms with E-state index in [0.717, 1.165) is 30.1 Å². The Morgan fingerprint density at radius 2 is 2.26 bits per heavy atom. The average Bonchev–Trinajstić information content (AvgIpc) is 2.83. The zero-order valence-corrected chi connectivity index (χ0v) is 10.8. The molecule has 0 atom stereocenters. The first kappa shape index (κ1) is 13.1. The fourth-order valence-electron chi connectivity index (χ4n) is 1.77. The van der Waals surface area contributed by atoms with Gasteiger partial charge in [0.05, 0.1) is 5.69 Å². The Labute approximate surface area is 112 Å². The van der Waals surface area contributed by atoms with Crippen LogP contribution < -0.4 is 10.1 Å². The van der Waals surface area contributed by atoms with E-state index >= 15 is 0 Å². The largest absolute Gasteiger partial charge is 0.479 e. The summed E-state index contributed by atoms with van der Waals surface area (Å²) in [7, 11) is 1.92. The Morgan fingerprint density at radius 1 is 1.37 bits per heavy atom. The zero-order valence-electron chi connectivity index (χ0n) is 10.8. The third-order valence-corrected chi connectivity index (χ3v) is 2.76. The van der Waals surface area contributed by atoms with Crippen molar-refractivity contribution in [1.29, 1.82) is 5.26 Å². The maximum absolute atomic E-state index is 8.47. The summed E-state index contributed by atoms with van der Waals surface area (Å²) < 4.78 is 7.11. The van der Waals surface area contributed by atoms with Crippen LogP contribution in [0, 0.1) is 11.3 Å². The number of aromatic nitrogens is 2. The van der Waals surface area contributed by atoms with Gasteiger partial charge in [0.1, 0.15) is 11.8 Å². The Kier molecular flexibility index (Phi) is 4.54. The molecule has 19 heavy (non-hydrogen) atoms. The van der Waals surface area contributed by atoms with Crippen molar-refractivity contribution in [2.24, 2.45) is 7.05 Å². The molecule has 0 aliphatic heterocycles. The highest BCUT2D eigenvalue weighted by atomic mass is 16.5. The van der Waals surface area contributed by atoms with Crippen molar-refractivity contribution in [2.75, 3.05) is 6.61 Å². The molecule has 0 saturated heterocycles. The minimum absolute atomic E-state index is 0.0753. The number of hydrogen-bond acceptors (Lipinski definition) is 4. The highest BCUT2D eigenvalue weighted by Gasteiger charge is 1.99. The summed E-state index contributed by atoms with van der Waals surface area (Å²) in [6.07, 6.45) is 1.79. The molecule has 1 N–H and O–H groups in total. The molecule has 5 heteroatoms. The summed E-state index contributed by atoms with van der Waals surface area (Å²) in [6, 6.07) is 11.7. The molecule has 0 aliphatic carbocycles. The summed E-state index contributed by atoms with van der Waals surface area (Å²) in [5.41, 5.74) is 2.26. The predicted molar refractivity (Wildman–Crippen MR) is 71.3 cm³/mol. The van der Waals surface area contributed by atoms with Gasteiger partial charge in [0, 0.05) is 26.3 Å².